The van der Waals surface area contributed by atoms with Crippen molar-refractivity contribution >= 4 is 11.9 Å². The van der Waals surface area contributed by atoms with Crippen LogP contribution >= 0.6 is 0 Å². The van der Waals surface area contributed by atoms with E-state index in [2.05, 4.69) is 15.7 Å². The van der Waals surface area contributed by atoms with Crippen LogP contribution in [-0.4, -0.2) is 24.5 Å². The van der Waals surface area contributed by atoms with Gasteiger partial charge in [0.05, 0.1) is 0 Å². The third-order valence-electron chi connectivity index (χ3n) is 1.93. The number of nitrogens with zero attached hydrogens (tertiary/aromatic N) is 1. The monoisotopic (exact) mass is 199 g/mol. The van der Waals surface area contributed by atoms with Crippen molar-refractivity contribution in [2.75, 3.05) is 6.54 Å². The molecule has 6 N–H and O–H groups in total. The summed E-state index contributed by atoms with van der Waals surface area (Å²) < 4.78 is 0. The van der Waals surface area contributed by atoms with E-state index in [1.807, 2.05) is 0 Å². The lowest BCUT2D eigenvalue weighted by atomic mass is 10.3. The average molecular weight is 199 g/mol. The standard InChI is InChI=1S/C8H17N5O/c9-8(13-10)11-5-1-2-7(14)12-6-3-4-6/h6H,1-5,10H2,(H,12,14)(H3,9,11,13). The molecule has 0 unspecified atom stereocenters. The predicted octanol–water partition coefficient (Wildman–Crippen LogP) is -1.18. The maximum atomic E-state index is 11.2. The predicted molar refractivity (Wildman–Crippen MR) is 54.2 cm³/mol. The number of amides is 1. The van der Waals surface area contributed by atoms with Gasteiger partial charge in [-0.15, -0.1) is 0 Å². The molecule has 1 amide bonds. The van der Waals surface area contributed by atoms with Crippen LogP contribution in [0.4, 0.5) is 0 Å². The van der Waals surface area contributed by atoms with Gasteiger partial charge in [0.25, 0.3) is 0 Å². The highest BCUT2D eigenvalue weighted by atomic mass is 16.1. The first-order chi connectivity index (χ1) is 6.72. The van der Waals surface area contributed by atoms with Crippen molar-refractivity contribution in [2.45, 2.75) is 31.7 Å². The number of hydrazine groups is 1. The summed E-state index contributed by atoms with van der Waals surface area (Å²) in [6.07, 6.45) is 3.43. The molecular weight excluding hydrogens is 182 g/mol. The zero-order chi connectivity index (χ0) is 10.4. The van der Waals surface area contributed by atoms with E-state index in [1.54, 1.807) is 0 Å². The minimum atomic E-state index is 0.0991. The van der Waals surface area contributed by atoms with Gasteiger partial charge in [-0.25, -0.2) is 5.84 Å². The van der Waals surface area contributed by atoms with Gasteiger partial charge < -0.3 is 11.1 Å². The Morgan fingerprint density at radius 2 is 2.21 bits per heavy atom. The van der Waals surface area contributed by atoms with Crippen LogP contribution in [0.3, 0.4) is 0 Å². The summed E-state index contributed by atoms with van der Waals surface area (Å²) in [5.74, 6) is 5.30. The third-order valence-corrected chi connectivity index (χ3v) is 1.93. The van der Waals surface area contributed by atoms with Gasteiger partial charge in [0.1, 0.15) is 0 Å². The maximum absolute atomic E-state index is 11.2. The van der Waals surface area contributed by atoms with E-state index in [4.69, 9.17) is 11.6 Å². The smallest absolute Gasteiger partial charge is 0.220 e. The fourth-order valence-corrected chi connectivity index (χ4v) is 1.01. The van der Waals surface area contributed by atoms with E-state index >= 15 is 0 Å². The Hall–Kier alpha value is -1.30. The Morgan fingerprint density at radius 1 is 1.50 bits per heavy atom. The van der Waals surface area contributed by atoms with Gasteiger partial charge in [-0.1, -0.05) is 0 Å². The molecule has 0 saturated heterocycles. The second kappa shape index (κ2) is 5.43. The van der Waals surface area contributed by atoms with E-state index in [0.29, 0.717) is 25.4 Å². The van der Waals surface area contributed by atoms with Crippen molar-refractivity contribution in [3.05, 3.63) is 0 Å². The van der Waals surface area contributed by atoms with Gasteiger partial charge >= 0.3 is 0 Å². The molecule has 0 heterocycles. The highest BCUT2D eigenvalue weighted by Crippen LogP contribution is 2.18. The van der Waals surface area contributed by atoms with Crippen LogP contribution in [-0.2, 0) is 4.79 Å². The SMILES string of the molecule is NNC(N)=NCCCC(=O)NC1CC1. The first kappa shape index (κ1) is 10.8. The number of carbonyl (C=O) groups is 1. The molecule has 0 spiro atoms. The fraction of sp³-hybridized carbons (Fsp3) is 0.750. The number of hydrogen-bond donors (Lipinski definition) is 4. The number of nitrogens with one attached hydrogen (secondary N) is 2. The van der Waals surface area contributed by atoms with Crippen LogP contribution in [0.2, 0.25) is 0 Å². The summed E-state index contributed by atoms with van der Waals surface area (Å²) in [6, 6.07) is 0.432. The first-order valence-electron chi connectivity index (χ1n) is 4.78. The summed E-state index contributed by atoms with van der Waals surface area (Å²) in [7, 11) is 0. The molecule has 0 bridgehead atoms. The highest BCUT2D eigenvalue weighted by Gasteiger charge is 2.22. The largest absolute Gasteiger partial charge is 0.369 e. The lowest BCUT2D eigenvalue weighted by molar-refractivity contribution is -0.121. The van der Waals surface area contributed by atoms with Crippen molar-refractivity contribution in [3.8, 4) is 0 Å². The van der Waals surface area contributed by atoms with Gasteiger partial charge in [0.15, 0.2) is 0 Å². The van der Waals surface area contributed by atoms with Gasteiger partial charge in [0.2, 0.25) is 11.9 Å². The van der Waals surface area contributed by atoms with E-state index in [1.165, 1.54) is 0 Å². The first-order valence-corrected chi connectivity index (χ1v) is 4.78. The third kappa shape index (κ3) is 4.66. The molecule has 1 aliphatic carbocycles. The minimum Gasteiger partial charge on any atom is -0.369 e. The molecule has 0 aromatic rings. The van der Waals surface area contributed by atoms with Crippen LogP contribution in [0.15, 0.2) is 4.99 Å². The molecule has 1 fully saturated rings. The molecule has 1 aliphatic rings. The molecule has 1 saturated carbocycles. The van der Waals surface area contributed by atoms with Gasteiger partial charge in [-0.3, -0.25) is 15.2 Å². The van der Waals surface area contributed by atoms with Gasteiger partial charge in [0, 0.05) is 19.0 Å². The molecule has 0 aromatic heterocycles. The molecule has 14 heavy (non-hydrogen) atoms. The highest BCUT2D eigenvalue weighted by molar-refractivity contribution is 5.77. The Kier molecular flexibility index (Phi) is 4.18. The summed E-state index contributed by atoms with van der Waals surface area (Å²) in [5.41, 5.74) is 7.52. The molecule has 0 aromatic carbocycles. The molecule has 6 heteroatoms. The minimum absolute atomic E-state index is 0.0991. The zero-order valence-corrected chi connectivity index (χ0v) is 8.12. The van der Waals surface area contributed by atoms with Crippen molar-refractivity contribution in [1.29, 1.82) is 0 Å². The van der Waals surface area contributed by atoms with E-state index < -0.39 is 0 Å². The molecular formula is C8H17N5O. The molecule has 0 atom stereocenters. The van der Waals surface area contributed by atoms with Crippen molar-refractivity contribution in [2.24, 2.45) is 16.6 Å². The quantitative estimate of drug-likeness (QED) is 0.147. The lowest BCUT2D eigenvalue weighted by Gasteiger charge is -2.01. The fourth-order valence-electron chi connectivity index (χ4n) is 1.01. The molecule has 80 valence electrons. The molecule has 1 rings (SSSR count). The maximum Gasteiger partial charge on any atom is 0.220 e. The zero-order valence-electron chi connectivity index (χ0n) is 8.12. The van der Waals surface area contributed by atoms with E-state index in [0.717, 1.165) is 12.8 Å². The Morgan fingerprint density at radius 3 is 2.79 bits per heavy atom. The summed E-state index contributed by atoms with van der Waals surface area (Å²) in [5, 5.41) is 2.90. The van der Waals surface area contributed by atoms with Crippen LogP contribution < -0.4 is 22.3 Å². The summed E-state index contributed by atoms with van der Waals surface area (Å²) in [6.45, 7) is 0.522. The summed E-state index contributed by atoms with van der Waals surface area (Å²) in [4.78, 5) is 15.1. The molecule has 0 radical (unpaired) electrons. The van der Waals surface area contributed by atoms with E-state index in [-0.39, 0.29) is 11.9 Å². The number of aliphatic imine (C=N–C) groups is 1. The van der Waals surface area contributed by atoms with Gasteiger partial charge in [-0.2, -0.15) is 0 Å². The number of guanidine groups is 1. The van der Waals surface area contributed by atoms with Crippen LogP contribution in [0, 0.1) is 0 Å². The summed E-state index contributed by atoms with van der Waals surface area (Å²) >= 11 is 0. The second-order valence-corrected chi connectivity index (χ2v) is 3.36. The second-order valence-electron chi connectivity index (χ2n) is 3.36. The van der Waals surface area contributed by atoms with Crippen molar-refractivity contribution < 1.29 is 4.79 Å². The average Bonchev–Trinajstić information content (AvgIpc) is 2.95. The number of hydrogen-bond acceptors (Lipinski definition) is 3. The van der Waals surface area contributed by atoms with Crippen molar-refractivity contribution in [1.82, 2.24) is 10.7 Å². The normalized spacial score (nSPS) is 16.5. The number of carbonyl (C=O) groups excluding carboxylic acids is 1. The topological polar surface area (TPSA) is 106 Å². The number of nitrogens with two attached hydrogens (primary N) is 2. The number of rotatable bonds is 5. The van der Waals surface area contributed by atoms with Crippen LogP contribution in [0.1, 0.15) is 25.7 Å². The Balaban J connectivity index is 1.99. The Labute approximate surface area is 83.1 Å². The lowest BCUT2D eigenvalue weighted by Crippen LogP contribution is -2.37. The molecule has 6 nitrogen and oxygen atoms in total. The van der Waals surface area contributed by atoms with Crippen molar-refractivity contribution in [3.63, 3.8) is 0 Å². The van der Waals surface area contributed by atoms with Gasteiger partial charge in [-0.05, 0) is 19.3 Å². The Bertz CT molecular complexity index is 224. The van der Waals surface area contributed by atoms with E-state index in [9.17, 15) is 4.79 Å². The molecule has 0 aliphatic heterocycles. The van der Waals surface area contributed by atoms with Crippen LogP contribution in [0.5, 0.6) is 0 Å². The van der Waals surface area contributed by atoms with Crippen LogP contribution in [0.25, 0.3) is 0 Å².